The van der Waals surface area contributed by atoms with Crippen molar-refractivity contribution >= 4 is 0 Å². The van der Waals surface area contributed by atoms with E-state index in [1.807, 2.05) is 26.1 Å². The molecule has 0 bridgehead atoms. The van der Waals surface area contributed by atoms with E-state index in [9.17, 15) is 0 Å². The summed E-state index contributed by atoms with van der Waals surface area (Å²) in [6.45, 7) is 5.38. The van der Waals surface area contributed by atoms with E-state index in [1.54, 1.807) is 0 Å². The molecule has 90 valence electrons. The van der Waals surface area contributed by atoms with Gasteiger partial charge in [0.25, 0.3) is 0 Å². The van der Waals surface area contributed by atoms with Crippen LogP contribution >= 0.6 is 0 Å². The van der Waals surface area contributed by atoms with Gasteiger partial charge in [-0.2, -0.15) is 0 Å². The number of ether oxygens (including phenoxy) is 1. The molecule has 1 aromatic rings. The SMILES string of the molecule is CNC1COCC1CNCc1ccc(C)o1. The van der Waals surface area contributed by atoms with Crippen molar-refractivity contribution in [2.45, 2.75) is 19.5 Å². The zero-order valence-corrected chi connectivity index (χ0v) is 9.95. The topological polar surface area (TPSA) is 46.4 Å². The maximum atomic E-state index is 5.49. The van der Waals surface area contributed by atoms with E-state index < -0.39 is 0 Å². The van der Waals surface area contributed by atoms with Crippen molar-refractivity contribution in [1.29, 1.82) is 0 Å². The van der Waals surface area contributed by atoms with Gasteiger partial charge in [-0.15, -0.1) is 0 Å². The van der Waals surface area contributed by atoms with Crippen molar-refractivity contribution in [3.05, 3.63) is 23.7 Å². The molecule has 1 aliphatic rings. The lowest BCUT2D eigenvalue weighted by Crippen LogP contribution is -2.38. The molecule has 0 amide bonds. The molecule has 1 fully saturated rings. The molecular weight excluding hydrogens is 204 g/mol. The lowest BCUT2D eigenvalue weighted by Gasteiger charge is -2.16. The van der Waals surface area contributed by atoms with Crippen LogP contribution in [0.1, 0.15) is 11.5 Å². The molecule has 0 spiro atoms. The van der Waals surface area contributed by atoms with Gasteiger partial charge in [0.15, 0.2) is 0 Å². The molecular formula is C12H20N2O2. The van der Waals surface area contributed by atoms with Crippen molar-refractivity contribution in [2.75, 3.05) is 26.8 Å². The van der Waals surface area contributed by atoms with Gasteiger partial charge < -0.3 is 19.8 Å². The Kier molecular flexibility index (Phi) is 3.98. The molecule has 1 aliphatic heterocycles. The fourth-order valence-electron chi connectivity index (χ4n) is 2.08. The monoisotopic (exact) mass is 224 g/mol. The largest absolute Gasteiger partial charge is 0.465 e. The first-order chi connectivity index (χ1) is 7.79. The number of furan rings is 1. The summed E-state index contributed by atoms with van der Waals surface area (Å²) in [7, 11) is 1.99. The van der Waals surface area contributed by atoms with Crippen LogP contribution in [0.4, 0.5) is 0 Å². The molecule has 0 aromatic carbocycles. The van der Waals surface area contributed by atoms with Gasteiger partial charge in [-0.3, -0.25) is 0 Å². The first kappa shape index (κ1) is 11.6. The molecule has 16 heavy (non-hydrogen) atoms. The Morgan fingerprint density at radius 2 is 2.25 bits per heavy atom. The van der Waals surface area contributed by atoms with E-state index in [2.05, 4.69) is 10.6 Å². The van der Waals surface area contributed by atoms with Gasteiger partial charge in [0.1, 0.15) is 11.5 Å². The number of nitrogens with one attached hydrogen (secondary N) is 2. The summed E-state index contributed by atoms with van der Waals surface area (Å²) in [5, 5.41) is 6.69. The second-order valence-electron chi connectivity index (χ2n) is 4.34. The van der Waals surface area contributed by atoms with E-state index in [0.29, 0.717) is 12.0 Å². The Bertz CT molecular complexity index is 325. The van der Waals surface area contributed by atoms with Crippen LogP contribution < -0.4 is 10.6 Å². The second-order valence-corrected chi connectivity index (χ2v) is 4.34. The number of aryl methyl sites for hydroxylation is 1. The molecule has 0 saturated carbocycles. The van der Waals surface area contributed by atoms with Gasteiger partial charge in [-0.05, 0) is 26.1 Å². The van der Waals surface area contributed by atoms with Crippen LogP contribution in [0, 0.1) is 12.8 Å². The number of hydrogen-bond donors (Lipinski definition) is 2. The average molecular weight is 224 g/mol. The Balaban J connectivity index is 1.71. The number of likely N-dealkylation sites (N-methyl/N-ethyl adjacent to an activating group) is 1. The number of rotatable bonds is 5. The minimum absolute atomic E-state index is 0.478. The molecule has 2 heterocycles. The fourth-order valence-corrected chi connectivity index (χ4v) is 2.08. The maximum absolute atomic E-state index is 5.49. The van der Waals surface area contributed by atoms with Crippen LogP contribution in [0.15, 0.2) is 16.5 Å². The first-order valence-corrected chi connectivity index (χ1v) is 5.80. The highest BCUT2D eigenvalue weighted by atomic mass is 16.5. The zero-order chi connectivity index (χ0) is 11.4. The molecule has 0 aliphatic carbocycles. The van der Waals surface area contributed by atoms with Crippen LogP contribution in [0.3, 0.4) is 0 Å². The molecule has 2 unspecified atom stereocenters. The van der Waals surface area contributed by atoms with Crippen LogP contribution in [0.5, 0.6) is 0 Å². The van der Waals surface area contributed by atoms with E-state index in [-0.39, 0.29) is 0 Å². The van der Waals surface area contributed by atoms with Crippen LogP contribution in [-0.2, 0) is 11.3 Å². The molecule has 2 N–H and O–H groups in total. The summed E-state index contributed by atoms with van der Waals surface area (Å²) in [4.78, 5) is 0. The van der Waals surface area contributed by atoms with Crippen molar-refractivity contribution < 1.29 is 9.15 Å². The quantitative estimate of drug-likeness (QED) is 0.780. The standard InChI is InChI=1S/C12H20N2O2/c1-9-3-4-11(16-9)6-14-5-10-7-15-8-12(10)13-2/h3-4,10,12-14H,5-8H2,1-2H3. The van der Waals surface area contributed by atoms with Gasteiger partial charge in [0.05, 0.1) is 19.8 Å². The Morgan fingerprint density at radius 3 is 2.94 bits per heavy atom. The van der Waals surface area contributed by atoms with Crippen molar-refractivity contribution in [3.63, 3.8) is 0 Å². The Morgan fingerprint density at radius 1 is 1.38 bits per heavy atom. The van der Waals surface area contributed by atoms with Gasteiger partial charge >= 0.3 is 0 Å². The summed E-state index contributed by atoms with van der Waals surface area (Å²) in [6.07, 6.45) is 0. The molecule has 4 nitrogen and oxygen atoms in total. The predicted molar refractivity (Wildman–Crippen MR) is 62.3 cm³/mol. The van der Waals surface area contributed by atoms with E-state index >= 15 is 0 Å². The van der Waals surface area contributed by atoms with Crippen molar-refractivity contribution in [1.82, 2.24) is 10.6 Å². The Labute approximate surface area is 96.4 Å². The summed E-state index contributed by atoms with van der Waals surface area (Å²) < 4.78 is 10.9. The van der Waals surface area contributed by atoms with Crippen molar-refractivity contribution in [2.24, 2.45) is 5.92 Å². The molecule has 4 heteroatoms. The van der Waals surface area contributed by atoms with Crippen LogP contribution in [-0.4, -0.2) is 32.8 Å². The predicted octanol–water partition coefficient (Wildman–Crippen LogP) is 0.912. The third-order valence-corrected chi connectivity index (χ3v) is 3.07. The van der Waals surface area contributed by atoms with Gasteiger partial charge in [0.2, 0.25) is 0 Å². The summed E-state index contributed by atoms with van der Waals surface area (Å²) in [5.74, 6) is 2.52. The normalized spacial score (nSPS) is 25.1. The highest BCUT2D eigenvalue weighted by molar-refractivity contribution is 5.05. The lowest BCUT2D eigenvalue weighted by molar-refractivity contribution is 0.182. The number of hydrogen-bond acceptors (Lipinski definition) is 4. The zero-order valence-electron chi connectivity index (χ0n) is 9.95. The molecule has 1 saturated heterocycles. The summed E-state index contributed by atoms with van der Waals surface area (Å²) in [6, 6.07) is 4.49. The second kappa shape index (κ2) is 5.48. The molecule has 0 radical (unpaired) electrons. The van der Waals surface area contributed by atoms with E-state index in [1.165, 1.54) is 0 Å². The Hall–Kier alpha value is -0.840. The molecule has 2 atom stereocenters. The average Bonchev–Trinajstić information content (AvgIpc) is 2.87. The summed E-state index contributed by atoms with van der Waals surface area (Å²) >= 11 is 0. The van der Waals surface area contributed by atoms with Gasteiger partial charge in [0, 0.05) is 18.5 Å². The highest BCUT2D eigenvalue weighted by Gasteiger charge is 2.26. The smallest absolute Gasteiger partial charge is 0.117 e. The van der Waals surface area contributed by atoms with E-state index in [4.69, 9.17) is 9.15 Å². The summed E-state index contributed by atoms with van der Waals surface area (Å²) in [5.41, 5.74) is 0. The fraction of sp³-hybridized carbons (Fsp3) is 0.667. The molecule has 2 rings (SSSR count). The minimum Gasteiger partial charge on any atom is -0.465 e. The van der Waals surface area contributed by atoms with Gasteiger partial charge in [-0.1, -0.05) is 0 Å². The first-order valence-electron chi connectivity index (χ1n) is 5.80. The van der Waals surface area contributed by atoms with Gasteiger partial charge in [-0.25, -0.2) is 0 Å². The molecule has 1 aromatic heterocycles. The van der Waals surface area contributed by atoms with Crippen molar-refractivity contribution in [3.8, 4) is 0 Å². The highest BCUT2D eigenvalue weighted by Crippen LogP contribution is 2.12. The van der Waals surface area contributed by atoms with E-state index in [0.717, 1.165) is 37.8 Å². The van der Waals surface area contributed by atoms with Crippen LogP contribution in [0.2, 0.25) is 0 Å². The minimum atomic E-state index is 0.478. The van der Waals surface area contributed by atoms with Crippen LogP contribution in [0.25, 0.3) is 0 Å². The third kappa shape index (κ3) is 2.84. The lowest BCUT2D eigenvalue weighted by atomic mass is 10.0. The third-order valence-electron chi connectivity index (χ3n) is 3.07. The maximum Gasteiger partial charge on any atom is 0.117 e.